The zero-order valence-corrected chi connectivity index (χ0v) is 19.9. The Hall–Kier alpha value is -3.90. The monoisotopic (exact) mass is 512 g/mol. The van der Waals surface area contributed by atoms with Crippen molar-refractivity contribution in [2.75, 3.05) is 19.6 Å². The van der Waals surface area contributed by atoms with Gasteiger partial charge in [-0.3, -0.25) is 14.4 Å². The van der Waals surface area contributed by atoms with Crippen LogP contribution in [-0.2, 0) is 11.2 Å². The first kappa shape index (κ1) is 25.2. The standard InChI is InChI=1S/C24H22F2N6O3S/c25-24(26)9-18(11-28)32(14-24)21(33)12-29-22(34)19-13-36-20(30-19)8-15-3-5-16(6-4-15)23(35)31-7-1-2-17(31)10-27/h3-6,13,17-18H,1-2,7-9,12,14H2,(H,29,34)/t17-,18+/m1/s1. The second-order valence-electron chi connectivity index (χ2n) is 8.70. The van der Waals surface area contributed by atoms with Gasteiger partial charge < -0.3 is 15.1 Å². The van der Waals surface area contributed by atoms with Crippen LogP contribution in [0, 0.1) is 22.7 Å². The van der Waals surface area contributed by atoms with Gasteiger partial charge in [-0.25, -0.2) is 13.8 Å². The molecule has 0 bridgehead atoms. The van der Waals surface area contributed by atoms with Crippen molar-refractivity contribution < 1.29 is 23.2 Å². The van der Waals surface area contributed by atoms with Crippen LogP contribution in [-0.4, -0.2) is 70.1 Å². The summed E-state index contributed by atoms with van der Waals surface area (Å²) in [6, 6.07) is 9.23. The number of nitrogens with one attached hydrogen (secondary N) is 1. The number of aromatic nitrogens is 1. The lowest BCUT2D eigenvalue weighted by Gasteiger charge is -2.19. The summed E-state index contributed by atoms with van der Waals surface area (Å²) in [6.45, 7) is -0.793. The van der Waals surface area contributed by atoms with Crippen molar-refractivity contribution in [1.29, 1.82) is 10.5 Å². The van der Waals surface area contributed by atoms with Gasteiger partial charge in [-0.2, -0.15) is 10.5 Å². The molecule has 12 heteroatoms. The highest BCUT2D eigenvalue weighted by atomic mass is 32.1. The van der Waals surface area contributed by atoms with Crippen molar-refractivity contribution >= 4 is 29.1 Å². The van der Waals surface area contributed by atoms with Gasteiger partial charge in [0.05, 0.1) is 30.2 Å². The summed E-state index contributed by atoms with van der Waals surface area (Å²) >= 11 is 1.25. The molecule has 2 aliphatic rings. The summed E-state index contributed by atoms with van der Waals surface area (Å²) in [7, 11) is 0. The summed E-state index contributed by atoms with van der Waals surface area (Å²) < 4.78 is 27.1. The molecular weight excluding hydrogens is 490 g/mol. The first-order valence-corrected chi connectivity index (χ1v) is 12.2. The van der Waals surface area contributed by atoms with Gasteiger partial charge in [0.15, 0.2) is 0 Å². The molecule has 0 aliphatic carbocycles. The summed E-state index contributed by atoms with van der Waals surface area (Å²) in [6.07, 6.45) is 1.20. The van der Waals surface area contributed by atoms with Gasteiger partial charge in [0.1, 0.15) is 17.8 Å². The van der Waals surface area contributed by atoms with Gasteiger partial charge in [-0.1, -0.05) is 12.1 Å². The largest absolute Gasteiger partial charge is 0.342 e. The number of carbonyl (C=O) groups excluding carboxylic acids is 3. The predicted octanol–water partition coefficient (Wildman–Crippen LogP) is 2.35. The van der Waals surface area contributed by atoms with Crippen molar-refractivity contribution in [3.05, 3.63) is 51.5 Å². The average Bonchev–Trinajstić information content (AvgIpc) is 3.60. The molecule has 2 fully saturated rings. The Morgan fingerprint density at radius 1 is 1.14 bits per heavy atom. The van der Waals surface area contributed by atoms with E-state index in [1.165, 1.54) is 16.7 Å². The highest BCUT2D eigenvalue weighted by Crippen LogP contribution is 2.31. The molecule has 1 aromatic carbocycles. The Balaban J connectivity index is 1.31. The normalized spacial score (nSPS) is 20.6. The Kier molecular flexibility index (Phi) is 7.27. The fourth-order valence-electron chi connectivity index (χ4n) is 4.29. The van der Waals surface area contributed by atoms with Gasteiger partial charge in [-0.05, 0) is 30.5 Å². The van der Waals surface area contributed by atoms with Crippen molar-refractivity contribution in [3.8, 4) is 12.1 Å². The number of thiazole rings is 1. The maximum Gasteiger partial charge on any atom is 0.271 e. The number of nitrogens with zero attached hydrogens (tertiary/aromatic N) is 5. The second-order valence-corrected chi connectivity index (χ2v) is 9.64. The predicted molar refractivity (Wildman–Crippen MR) is 124 cm³/mol. The Labute approximate surface area is 209 Å². The second kappa shape index (κ2) is 10.4. The lowest BCUT2D eigenvalue weighted by atomic mass is 10.1. The molecule has 1 N–H and O–H groups in total. The smallest absolute Gasteiger partial charge is 0.271 e. The van der Waals surface area contributed by atoms with E-state index in [0.29, 0.717) is 30.0 Å². The maximum absolute atomic E-state index is 13.5. The lowest BCUT2D eigenvalue weighted by molar-refractivity contribution is -0.131. The molecule has 186 valence electrons. The van der Waals surface area contributed by atoms with Gasteiger partial charge in [0.25, 0.3) is 17.7 Å². The Morgan fingerprint density at radius 3 is 2.56 bits per heavy atom. The van der Waals surface area contributed by atoms with Crippen LogP contribution in [0.15, 0.2) is 29.6 Å². The fraction of sp³-hybridized carbons (Fsp3) is 0.417. The zero-order valence-electron chi connectivity index (χ0n) is 19.1. The van der Waals surface area contributed by atoms with E-state index in [0.717, 1.165) is 16.9 Å². The molecule has 2 atom stereocenters. The maximum atomic E-state index is 13.5. The van der Waals surface area contributed by atoms with Crippen LogP contribution in [0.1, 0.15) is 50.7 Å². The molecule has 36 heavy (non-hydrogen) atoms. The third-order valence-corrected chi connectivity index (χ3v) is 6.99. The van der Waals surface area contributed by atoms with Crippen molar-refractivity contribution in [1.82, 2.24) is 20.1 Å². The molecule has 9 nitrogen and oxygen atoms in total. The third kappa shape index (κ3) is 5.50. The van der Waals surface area contributed by atoms with Crippen LogP contribution in [0.3, 0.4) is 0 Å². The minimum absolute atomic E-state index is 0.0924. The van der Waals surface area contributed by atoms with Crippen LogP contribution < -0.4 is 5.32 Å². The number of alkyl halides is 2. The highest BCUT2D eigenvalue weighted by Gasteiger charge is 2.47. The molecule has 0 saturated carbocycles. The highest BCUT2D eigenvalue weighted by molar-refractivity contribution is 7.09. The van der Waals surface area contributed by atoms with E-state index in [1.54, 1.807) is 35.2 Å². The van der Waals surface area contributed by atoms with E-state index >= 15 is 0 Å². The quantitative estimate of drug-likeness (QED) is 0.632. The summed E-state index contributed by atoms with van der Waals surface area (Å²) in [4.78, 5) is 43.9. The van der Waals surface area contributed by atoms with E-state index in [1.807, 2.05) is 0 Å². The van der Waals surface area contributed by atoms with Crippen molar-refractivity contribution in [2.24, 2.45) is 0 Å². The SMILES string of the molecule is N#C[C@@H]1CC(F)(F)CN1C(=O)CNC(=O)c1csc(Cc2ccc(C(=O)N3CCC[C@@H]3C#N)cc2)n1. The Bertz CT molecular complexity index is 1250. The average molecular weight is 513 g/mol. The van der Waals surface area contributed by atoms with Gasteiger partial charge in [-0.15, -0.1) is 11.3 Å². The molecule has 2 aliphatic heterocycles. The number of hydrogen-bond acceptors (Lipinski definition) is 7. The van der Waals surface area contributed by atoms with Crippen LogP contribution in [0.2, 0.25) is 0 Å². The van der Waals surface area contributed by atoms with Crippen LogP contribution in [0.5, 0.6) is 0 Å². The van der Waals surface area contributed by atoms with E-state index in [-0.39, 0.29) is 11.6 Å². The van der Waals surface area contributed by atoms with Gasteiger partial charge >= 0.3 is 0 Å². The molecular formula is C24H22F2N6O3S. The topological polar surface area (TPSA) is 130 Å². The summed E-state index contributed by atoms with van der Waals surface area (Å²) in [5.41, 5.74) is 1.47. The zero-order chi connectivity index (χ0) is 25.9. The molecule has 4 rings (SSSR count). The number of amides is 3. The molecule has 3 heterocycles. The lowest BCUT2D eigenvalue weighted by Crippen LogP contribution is -2.43. The number of carbonyl (C=O) groups is 3. The molecule has 2 saturated heterocycles. The number of halogens is 2. The number of benzene rings is 1. The first-order chi connectivity index (χ1) is 17.2. The van der Waals surface area contributed by atoms with Crippen molar-refractivity contribution in [3.63, 3.8) is 0 Å². The molecule has 0 unspecified atom stereocenters. The fourth-order valence-corrected chi connectivity index (χ4v) is 5.10. The number of hydrogen-bond donors (Lipinski definition) is 1. The molecule has 1 aromatic heterocycles. The van der Waals surface area contributed by atoms with E-state index < -0.39 is 49.3 Å². The van der Waals surface area contributed by atoms with E-state index in [4.69, 9.17) is 5.26 Å². The van der Waals surface area contributed by atoms with Crippen LogP contribution >= 0.6 is 11.3 Å². The first-order valence-electron chi connectivity index (χ1n) is 11.3. The van der Waals surface area contributed by atoms with Crippen LogP contribution in [0.4, 0.5) is 8.78 Å². The van der Waals surface area contributed by atoms with E-state index in [9.17, 15) is 28.4 Å². The number of likely N-dealkylation sites (tertiary alicyclic amines) is 2. The number of rotatable bonds is 6. The van der Waals surface area contributed by atoms with Crippen molar-refractivity contribution in [2.45, 2.75) is 43.7 Å². The number of nitriles is 2. The molecule has 0 spiro atoms. The molecule has 2 aromatic rings. The summed E-state index contributed by atoms with van der Waals surface area (Å²) in [5, 5.41) is 22.7. The van der Waals surface area contributed by atoms with E-state index in [2.05, 4.69) is 16.4 Å². The molecule has 3 amide bonds. The van der Waals surface area contributed by atoms with Gasteiger partial charge in [0, 0.05) is 30.3 Å². The Morgan fingerprint density at radius 2 is 1.86 bits per heavy atom. The third-order valence-electron chi connectivity index (χ3n) is 6.14. The van der Waals surface area contributed by atoms with Gasteiger partial charge in [0.2, 0.25) is 5.91 Å². The van der Waals surface area contributed by atoms with Crippen LogP contribution in [0.25, 0.3) is 0 Å². The summed E-state index contributed by atoms with van der Waals surface area (Å²) in [5.74, 6) is -4.68. The molecule has 0 radical (unpaired) electrons. The minimum atomic E-state index is -3.12. The minimum Gasteiger partial charge on any atom is -0.342 e.